The molecule has 19 heavy (non-hydrogen) atoms. The van der Waals surface area contributed by atoms with Crippen LogP contribution in [0.25, 0.3) is 0 Å². The van der Waals surface area contributed by atoms with Crippen molar-refractivity contribution in [2.24, 2.45) is 0 Å². The van der Waals surface area contributed by atoms with Gasteiger partial charge in [-0.05, 0) is 18.2 Å². The number of fused-ring (bicyclic) bond motifs is 1. The van der Waals surface area contributed by atoms with E-state index < -0.39 is 0 Å². The molecule has 1 amide bonds. The number of piperazine rings is 1. The average molecular weight is 259 g/mol. The Bertz CT molecular complexity index is 441. The molecule has 0 spiro atoms. The van der Waals surface area contributed by atoms with Crippen LogP contribution in [0, 0.1) is 0 Å². The lowest BCUT2D eigenvalue weighted by atomic mass is 10.1. The second-order valence-electron chi connectivity index (χ2n) is 5.32. The minimum Gasteiger partial charge on any atom is -0.373 e. The molecule has 1 atom stereocenters. The van der Waals surface area contributed by atoms with Gasteiger partial charge in [0.1, 0.15) is 6.04 Å². The molecule has 0 bridgehead atoms. The molecule has 0 radical (unpaired) electrons. The van der Waals surface area contributed by atoms with Crippen LogP contribution in [-0.4, -0.2) is 54.5 Å². The fraction of sp³-hybridized carbons (Fsp3) is 0.533. The van der Waals surface area contributed by atoms with Gasteiger partial charge in [0.05, 0.1) is 0 Å². The van der Waals surface area contributed by atoms with E-state index in [9.17, 15) is 4.79 Å². The first kappa shape index (κ1) is 12.5. The molecule has 1 aromatic rings. The quantitative estimate of drug-likeness (QED) is 0.866. The lowest BCUT2D eigenvalue weighted by Crippen LogP contribution is -2.52. The van der Waals surface area contributed by atoms with Gasteiger partial charge in [-0.3, -0.25) is 4.79 Å². The first-order chi connectivity index (χ1) is 9.28. The van der Waals surface area contributed by atoms with E-state index in [4.69, 9.17) is 0 Å². The summed E-state index contributed by atoms with van der Waals surface area (Å²) in [6.45, 7) is 6.98. The molecule has 1 fully saturated rings. The number of likely N-dealkylation sites (N-methyl/N-ethyl adjacent to an activating group) is 1. The van der Waals surface area contributed by atoms with Crippen LogP contribution in [0.15, 0.2) is 24.3 Å². The zero-order chi connectivity index (χ0) is 13.2. The number of hydrogen-bond acceptors (Lipinski definition) is 3. The smallest absolute Gasteiger partial charge is 0.245 e. The monoisotopic (exact) mass is 259 g/mol. The lowest BCUT2D eigenvalue weighted by molar-refractivity contribution is -0.133. The largest absolute Gasteiger partial charge is 0.373 e. The molecule has 4 nitrogen and oxygen atoms in total. The van der Waals surface area contributed by atoms with Gasteiger partial charge in [-0.15, -0.1) is 0 Å². The number of carbonyl (C=O) groups excluding carboxylic acids is 1. The molecule has 2 aliphatic heterocycles. The highest BCUT2D eigenvalue weighted by Gasteiger charge is 2.31. The third-order valence-corrected chi connectivity index (χ3v) is 4.20. The molecule has 0 aromatic heterocycles. The number of amides is 1. The summed E-state index contributed by atoms with van der Waals surface area (Å²) in [5.74, 6) is 0.256. The van der Waals surface area contributed by atoms with Crippen molar-refractivity contribution in [2.45, 2.75) is 19.4 Å². The standard InChI is InChI=1S/C15H21N3O/c1-2-17-7-9-18(10-8-17)15(19)14-11-12-5-3-4-6-13(12)16-14/h3-6,14,16H,2,7-11H2,1H3/t14-/m0/s1. The summed E-state index contributed by atoms with van der Waals surface area (Å²) in [5, 5.41) is 3.35. The molecule has 1 aromatic carbocycles. The third kappa shape index (κ3) is 2.45. The van der Waals surface area contributed by atoms with Crippen LogP contribution in [0.5, 0.6) is 0 Å². The number of nitrogens with one attached hydrogen (secondary N) is 1. The second-order valence-corrected chi connectivity index (χ2v) is 5.32. The van der Waals surface area contributed by atoms with Crippen molar-refractivity contribution in [1.82, 2.24) is 9.80 Å². The summed E-state index contributed by atoms with van der Waals surface area (Å²) in [5.41, 5.74) is 2.38. The van der Waals surface area contributed by atoms with Crippen molar-refractivity contribution in [3.63, 3.8) is 0 Å². The van der Waals surface area contributed by atoms with Gasteiger partial charge in [0.2, 0.25) is 5.91 Å². The van der Waals surface area contributed by atoms with E-state index in [0.717, 1.165) is 44.8 Å². The molecule has 2 aliphatic rings. The van der Waals surface area contributed by atoms with Gasteiger partial charge in [0.25, 0.3) is 0 Å². The summed E-state index contributed by atoms with van der Waals surface area (Å²) in [6.07, 6.45) is 0.822. The summed E-state index contributed by atoms with van der Waals surface area (Å²) in [7, 11) is 0. The number of anilines is 1. The highest BCUT2D eigenvalue weighted by Crippen LogP contribution is 2.26. The van der Waals surface area contributed by atoms with Gasteiger partial charge in [0, 0.05) is 38.3 Å². The molecule has 102 valence electrons. The van der Waals surface area contributed by atoms with Crippen molar-refractivity contribution < 1.29 is 4.79 Å². The molecule has 3 rings (SSSR count). The van der Waals surface area contributed by atoms with Crippen LogP contribution in [0.1, 0.15) is 12.5 Å². The molecule has 0 aliphatic carbocycles. The second kappa shape index (κ2) is 5.21. The molecule has 0 unspecified atom stereocenters. The molecule has 2 heterocycles. The van der Waals surface area contributed by atoms with E-state index in [1.54, 1.807) is 0 Å². The Morgan fingerprint density at radius 3 is 2.68 bits per heavy atom. The number of nitrogens with zero attached hydrogens (tertiary/aromatic N) is 2. The predicted molar refractivity (Wildman–Crippen MR) is 76.3 cm³/mol. The number of para-hydroxylation sites is 1. The van der Waals surface area contributed by atoms with E-state index >= 15 is 0 Å². The highest BCUT2D eigenvalue weighted by molar-refractivity contribution is 5.87. The van der Waals surface area contributed by atoms with Gasteiger partial charge >= 0.3 is 0 Å². The maximum atomic E-state index is 12.5. The zero-order valence-corrected chi connectivity index (χ0v) is 11.4. The van der Waals surface area contributed by atoms with E-state index in [2.05, 4.69) is 29.3 Å². The van der Waals surface area contributed by atoms with Crippen molar-refractivity contribution >= 4 is 11.6 Å². The minimum atomic E-state index is -0.0643. The fourth-order valence-corrected chi connectivity index (χ4v) is 2.95. The van der Waals surface area contributed by atoms with Gasteiger partial charge < -0.3 is 15.1 Å². The topological polar surface area (TPSA) is 35.6 Å². The average Bonchev–Trinajstić information content (AvgIpc) is 2.90. The number of rotatable bonds is 2. The summed E-state index contributed by atoms with van der Waals surface area (Å²) < 4.78 is 0. The molecule has 1 saturated heterocycles. The Kier molecular flexibility index (Phi) is 3.42. The Morgan fingerprint density at radius 2 is 2.00 bits per heavy atom. The van der Waals surface area contributed by atoms with Gasteiger partial charge in [-0.2, -0.15) is 0 Å². The molecular formula is C15H21N3O. The summed E-state index contributed by atoms with van der Waals surface area (Å²) in [6, 6.07) is 8.14. The van der Waals surface area contributed by atoms with Crippen LogP contribution in [0.3, 0.4) is 0 Å². The number of benzene rings is 1. The zero-order valence-electron chi connectivity index (χ0n) is 11.4. The maximum absolute atomic E-state index is 12.5. The van der Waals surface area contributed by atoms with Gasteiger partial charge in [-0.1, -0.05) is 25.1 Å². The number of hydrogen-bond donors (Lipinski definition) is 1. The molecular weight excluding hydrogens is 238 g/mol. The first-order valence-electron chi connectivity index (χ1n) is 7.13. The first-order valence-corrected chi connectivity index (χ1v) is 7.13. The van der Waals surface area contributed by atoms with Crippen LogP contribution < -0.4 is 5.32 Å². The summed E-state index contributed by atoms with van der Waals surface area (Å²) in [4.78, 5) is 16.9. The highest BCUT2D eigenvalue weighted by atomic mass is 16.2. The van der Waals surface area contributed by atoms with Crippen LogP contribution in [0.2, 0.25) is 0 Å². The van der Waals surface area contributed by atoms with Gasteiger partial charge in [-0.25, -0.2) is 0 Å². The minimum absolute atomic E-state index is 0.0643. The maximum Gasteiger partial charge on any atom is 0.245 e. The van der Waals surface area contributed by atoms with E-state index in [1.165, 1.54) is 5.56 Å². The van der Waals surface area contributed by atoms with Crippen LogP contribution >= 0.6 is 0 Å². The molecule has 1 N–H and O–H groups in total. The predicted octanol–water partition coefficient (Wildman–Crippen LogP) is 1.19. The Hall–Kier alpha value is -1.55. The fourth-order valence-electron chi connectivity index (χ4n) is 2.95. The van der Waals surface area contributed by atoms with E-state index in [0.29, 0.717) is 0 Å². The number of carbonyl (C=O) groups is 1. The summed E-state index contributed by atoms with van der Waals surface area (Å²) >= 11 is 0. The van der Waals surface area contributed by atoms with E-state index in [-0.39, 0.29) is 11.9 Å². The Morgan fingerprint density at radius 1 is 1.26 bits per heavy atom. The van der Waals surface area contributed by atoms with Crippen molar-refractivity contribution in [2.75, 3.05) is 38.0 Å². The Balaban J connectivity index is 1.61. The SMILES string of the molecule is CCN1CCN(C(=O)[C@@H]2Cc3ccccc3N2)CC1. The van der Waals surface area contributed by atoms with Crippen molar-refractivity contribution in [1.29, 1.82) is 0 Å². The van der Waals surface area contributed by atoms with Crippen molar-refractivity contribution in [3.8, 4) is 0 Å². The lowest BCUT2D eigenvalue weighted by Gasteiger charge is -2.35. The van der Waals surface area contributed by atoms with E-state index in [1.807, 2.05) is 17.0 Å². The molecule has 4 heteroatoms. The van der Waals surface area contributed by atoms with Crippen molar-refractivity contribution in [3.05, 3.63) is 29.8 Å². The van der Waals surface area contributed by atoms with Crippen LogP contribution in [-0.2, 0) is 11.2 Å². The Labute approximate surface area is 114 Å². The normalized spacial score (nSPS) is 23.0. The van der Waals surface area contributed by atoms with Crippen LogP contribution in [0.4, 0.5) is 5.69 Å². The third-order valence-electron chi connectivity index (χ3n) is 4.20. The van der Waals surface area contributed by atoms with Gasteiger partial charge in [0.15, 0.2) is 0 Å². The molecule has 0 saturated carbocycles.